The molecule has 1 saturated carbocycles. The molecule has 2 aliphatic carbocycles. The lowest BCUT2D eigenvalue weighted by atomic mass is 9.65. The number of alkyl halides is 3. The zero-order chi connectivity index (χ0) is 29.6. The lowest BCUT2D eigenvalue weighted by Gasteiger charge is -2.46. The van der Waals surface area contributed by atoms with Gasteiger partial charge in [0.05, 0.1) is 21.9 Å². The van der Waals surface area contributed by atoms with Gasteiger partial charge < -0.3 is 11.5 Å². The fourth-order valence-corrected chi connectivity index (χ4v) is 8.54. The predicted molar refractivity (Wildman–Crippen MR) is 180 cm³/mol. The summed E-state index contributed by atoms with van der Waals surface area (Å²) in [5.74, 6) is 1.26. The Balaban J connectivity index is 0.000000169. The highest BCUT2D eigenvalue weighted by atomic mass is 127. The van der Waals surface area contributed by atoms with Crippen molar-refractivity contribution in [2.45, 2.75) is 61.2 Å². The highest BCUT2D eigenvalue weighted by Gasteiger charge is 2.51. The minimum atomic E-state index is -4.21. The van der Waals surface area contributed by atoms with Crippen LogP contribution >= 0.6 is 69.6 Å². The summed E-state index contributed by atoms with van der Waals surface area (Å²) in [4.78, 5) is 11.0. The second kappa shape index (κ2) is 12.0. The fourth-order valence-electron chi connectivity index (χ4n) is 6.98. The molecule has 4 aliphatic rings. The van der Waals surface area contributed by atoms with Crippen molar-refractivity contribution in [1.29, 1.82) is 0 Å². The monoisotopic (exact) mass is 823 g/mol. The maximum absolute atomic E-state index is 12.8. The molecule has 2 aromatic rings. The van der Waals surface area contributed by atoms with Gasteiger partial charge >= 0.3 is 6.18 Å². The second-order valence-corrected chi connectivity index (χ2v) is 14.8. The number of halogens is 5. The molecule has 0 radical (unpaired) electrons. The predicted octanol–water partition coefficient (Wildman–Crippen LogP) is 6.37. The van der Waals surface area contributed by atoms with E-state index < -0.39 is 18.1 Å². The molecule has 6 rings (SSSR count). The van der Waals surface area contributed by atoms with Gasteiger partial charge in [0, 0.05) is 49.4 Å². The molecule has 5 nitrogen and oxygen atoms in total. The van der Waals surface area contributed by atoms with Crippen molar-refractivity contribution in [3.8, 4) is 0 Å². The summed E-state index contributed by atoms with van der Waals surface area (Å²) in [6.07, 6.45) is 15.7. The third kappa shape index (κ3) is 6.50. The van der Waals surface area contributed by atoms with Gasteiger partial charge in [0.15, 0.2) is 0 Å². The number of allylic oxidation sites excluding steroid dienone is 2. The Bertz CT molecular complexity index is 1370. The SMILES string of the molecule is NC(=S)C1(c2cncc(I)c2)C[C@@H]2C=C[C@@H](C2)C1.NC(=S)C1(c2cncc(I)c2)C[C@H]2C=C[C@@H](C1)N2CC(F)(F)F. The maximum Gasteiger partial charge on any atom is 0.401 e. The molecule has 4 heterocycles. The van der Waals surface area contributed by atoms with Gasteiger partial charge in [-0.3, -0.25) is 14.9 Å². The Morgan fingerprint density at radius 1 is 0.805 bits per heavy atom. The van der Waals surface area contributed by atoms with E-state index in [1.165, 1.54) is 16.9 Å². The van der Waals surface area contributed by atoms with Crippen LogP contribution in [0.25, 0.3) is 0 Å². The van der Waals surface area contributed by atoms with Crippen LogP contribution in [0.5, 0.6) is 0 Å². The molecule has 2 aromatic heterocycles. The van der Waals surface area contributed by atoms with Crippen LogP contribution in [0.1, 0.15) is 43.2 Å². The Morgan fingerprint density at radius 2 is 1.24 bits per heavy atom. The highest BCUT2D eigenvalue weighted by molar-refractivity contribution is 14.1. The summed E-state index contributed by atoms with van der Waals surface area (Å²) in [5.41, 5.74) is 13.5. The molecule has 41 heavy (non-hydrogen) atoms. The quantitative estimate of drug-likeness (QED) is 0.206. The Morgan fingerprint density at radius 3 is 1.63 bits per heavy atom. The number of rotatable bonds is 5. The van der Waals surface area contributed by atoms with Gasteiger partial charge in [-0.05, 0) is 112 Å². The molecule has 0 amide bonds. The van der Waals surface area contributed by atoms with E-state index in [0.29, 0.717) is 34.7 Å². The Labute approximate surface area is 276 Å². The summed E-state index contributed by atoms with van der Waals surface area (Å²) in [6.45, 7) is -0.909. The first-order chi connectivity index (χ1) is 19.3. The molecular formula is C29H30F3I2N5S2. The van der Waals surface area contributed by atoms with Gasteiger partial charge in [0.1, 0.15) is 0 Å². The summed E-state index contributed by atoms with van der Waals surface area (Å²) in [6, 6.07) is 3.52. The molecule has 4 bridgehead atoms. The molecule has 1 saturated heterocycles. The van der Waals surface area contributed by atoms with Crippen molar-refractivity contribution in [3.63, 3.8) is 0 Å². The summed E-state index contributed by atoms with van der Waals surface area (Å²) in [5, 5.41) is 0. The third-order valence-electron chi connectivity index (χ3n) is 8.82. The Hall–Kier alpha value is -1.23. The molecule has 0 aromatic carbocycles. The standard InChI is InChI=1S/C15H15F3IN3S.C14H15IN2S/c16-15(17,18)8-22-11-1-2-12(22)5-14(4-11,13(20)23)9-3-10(19)7-21-6-9;15-12-4-11(7-17-8-12)14(13(16)18)5-9-1-2-10(3-9)6-14/h1-3,6-7,11-12H,4-5,8H2,(H2,20,23);1-2,4,7-10H,3,5-6H2,(H2,16,18)/t11-,12+,14?;9-,10+,14?. The fraction of sp³-hybridized carbons (Fsp3) is 0.448. The van der Waals surface area contributed by atoms with Crippen molar-refractivity contribution in [1.82, 2.24) is 14.9 Å². The molecule has 12 heteroatoms. The van der Waals surface area contributed by atoms with Gasteiger partial charge in [-0.2, -0.15) is 13.2 Å². The van der Waals surface area contributed by atoms with Crippen LogP contribution in [0.15, 0.2) is 61.2 Å². The lowest BCUT2D eigenvalue weighted by Crippen LogP contribution is -2.56. The lowest BCUT2D eigenvalue weighted by molar-refractivity contribution is -0.154. The number of piperidine rings is 1. The van der Waals surface area contributed by atoms with E-state index >= 15 is 0 Å². The van der Waals surface area contributed by atoms with Crippen molar-refractivity contribution in [2.24, 2.45) is 23.3 Å². The number of aromatic nitrogens is 2. The number of hydrogen-bond donors (Lipinski definition) is 2. The van der Waals surface area contributed by atoms with E-state index in [4.69, 9.17) is 35.9 Å². The molecule has 6 atom stereocenters. The number of thiocarbonyl (C=S) groups is 2. The van der Waals surface area contributed by atoms with Crippen molar-refractivity contribution < 1.29 is 13.2 Å². The molecule has 2 unspecified atom stereocenters. The van der Waals surface area contributed by atoms with E-state index in [1.54, 1.807) is 12.4 Å². The van der Waals surface area contributed by atoms with Gasteiger partial charge in [-0.1, -0.05) is 48.7 Å². The highest BCUT2D eigenvalue weighted by Crippen LogP contribution is 2.49. The third-order valence-corrected chi connectivity index (χ3v) is 10.8. The number of fused-ring (bicyclic) bond motifs is 4. The Kier molecular flexibility index (Phi) is 9.16. The van der Waals surface area contributed by atoms with Crippen LogP contribution in [0.2, 0.25) is 0 Å². The summed E-state index contributed by atoms with van der Waals surface area (Å²) in [7, 11) is 0. The topological polar surface area (TPSA) is 81.1 Å². The average molecular weight is 824 g/mol. The first-order valence-electron chi connectivity index (χ1n) is 13.3. The van der Waals surface area contributed by atoms with Crippen molar-refractivity contribution in [3.05, 3.63) is 79.5 Å². The van der Waals surface area contributed by atoms with Crippen LogP contribution in [-0.4, -0.2) is 49.6 Å². The summed E-state index contributed by atoms with van der Waals surface area (Å²) >= 11 is 15.2. The zero-order valence-corrected chi connectivity index (χ0v) is 28.0. The number of nitrogens with two attached hydrogens (primary N) is 2. The maximum atomic E-state index is 12.8. The number of nitrogens with zero attached hydrogens (tertiary/aromatic N) is 3. The molecule has 2 aliphatic heterocycles. The van der Waals surface area contributed by atoms with Gasteiger partial charge in [-0.15, -0.1) is 0 Å². The largest absolute Gasteiger partial charge is 0.401 e. The van der Waals surface area contributed by atoms with Gasteiger partial charge in [0.25, 0.3) is 0 Å². The van der Waals surface area contributed by atoms with Crippen LogP contribution in [0.4, 0.5) is 13.2 Å². The van der Waals surface area contributed by atoms with Gasteiger partial charge in [0.2, 0.25) is 0 Å². The zero-order valence-electron chi connectivity index (χ0n) is 22.0. The van der Waals surface area contributed by atoms with Crippen LogP contribution in [0, 0.1) is 19.0 Å². The van der Waals surface area contributed by atoms with Gasteiger partial charge in [-0.25, -0.2) is 0 Å². The molecular weight excluding hydrogens is 793 g/mol. The first kappa shape index (κ1) is 31.2. The summed E-state index contributed by atoms with van der Waals surface area (Å²) < 4.78 is 40.5. The van der Waals surface area contributed by atoms with E-state index in [1.807, 2.05) is 30.6 Å². The van der Waals surface area contributed by atoms with Crippen molar-refractivity contribution >= 4 is 79.6 Å². The minimum Gasteiger partial charge on any atom is -0.393 e. The number of pyridine rings is 2. The van der Waals surface area contributed by atoms with Crippen LogP contribution in [0.3, 0.4) is 0 Å². The van der Waals surface area contributed by atoms with E-state index in [0.717, 1.165) is 25.5 Å². The van der Waals surface area contributed by atoms with Crippen LogP contribution in [-0.2, 0) is 10.8 Å². The normalized spacial score (nSPS) is 31.9. The minimum absolute atomic E-state index is 0.152. The van der Waals surface area contributed by atoms with E-state index in [9.17, 15) is 13.2 Å². The molecule has 218 valence electrons. The molecule has 0 spiro atoms. The van der Waals surface area contributed by atoms with E-state index in [-0.39, 0.29) is 17.5 Å². The van der Waals surface area contributed by atoms with Crippen molar-refractivity contribution in [2.75, 3.05) is 6.54 Å². The average Bonchev–Trinajstić information content (AvgIpc) is 3.34. The molecule has 4 N–H and O–H groups in total. The van der Waals surface area contributed by atoms with Crippen LogP contribution < -0.4 is 11.5 Å². The smallest absolute Gasteiger partial charge is 0.393 e. The first-order valence-corrected chi connectivity index (χ1v) is 16.3. The second-order valence-electron chi connectivity index (χ2n) is 11.4. The van der Waals surface area contributed by atoms with E-state index in [2.05, 4.69) is 73.4 Å². The number of hydrogen-bond acceptors (Lipinski definition) is 5. The molecule has 2 fully saturated rings.